The molecule has 0 saturated carbocycles. The van der Waals surface area contributed by atoms with Crippen molar-refractivity contribution < 1.29 is 14.6 Å². The summed E-state index contributed by atoms with van der Waals surface area (Å²) in [6.07, 6.45) is -2.26. The molecule has 0 radical (unpaired) electrons. The summed E-state index contributed by atoms with van der Waals surface area (Å²) in [7, 11) is 0. The first-order valence-corrected chi connectivity index (χ1v) is 5.85. The van der Waals surface area contributed by atoms with Crippen LogP contribution in [-0.2, 0) is 0 Å². The van der Waals surface area contributed by atoms with Crippen molar-refractivity contribution >= 4 is 31.9 Å². The lowest BCUT2D eigenvalue weighted by Crippen LogP contribution is -2.20. The minimum atomic E-state index is -1.23. The van der Waals surface area contributed by atoms with E-state index in [0.29, 0.717) is 4.47 Å². The lowest BCUT2D eigenvalue weighted by atomic mass is 10.1. The minimum absolute atomic E-state index is 0.0828. The summed E-state index contributed by atoms with van der Waals surface area (Å²) >= 11 is 6.13. The predicted octanol–water partition coefficient (Wildman–Crippen LogP) is 2.38. The number of benzene rings is 1. The first-order valence-electron chi connectivity index (χ1n) is 3.94. The van der Waals surface area contributed by atoms with Crippen LogP contribution in [0.15, 0.2) is 22.7 Å². The summed E-state index contributed by atoms with van der Waals surface area (Å²) in [6, 6.07) is 4.38. The molecule has 78 valence electrons. The van der Waals surface area contributed by atoms with Crippen LogP contribution in [0.4, 0.5) is 4.39 Å². The van der Waals surface area contributed by atoms with Crippen LogP contribution in [0.2, 0.25) is 0 Å². The van der Waals surface area contributed by atoms with Crippen LogP contribution >= 0.6 is 31.9 Å². The van der Waals surface area contributed by atoms with Crippen LogP contribution in [0.1, 0.15) is 11.7 Å². The lowest BCUT2D eigenvalue weighted by Gasteiger charge is -2.17. The van der Waals surface area contributed by atoms with Crippen molar-refractivity contribution in [2.75, 3.05) is 5.33 Å². The van der Waals surface area contributed by atoms with Gasteiger partial charge in [0.25, 0.3) is 0 Å². The zero-order chi connectivity index (χ0) is 10.7. The van der Waals surface area contributed by atoms with Crippen LogP contribution in [-0.4, -0.2) is 21.6 Å². The van der Waals surface area contributed by atoms with Gasteiger partial charge in [0.2, 0.25) is 0 Å². The fourth-order valence-electron chi connectivity index (χ4n) is 1.07. The average molecular weight is 328 g/mol. The van der Waals surface area contributed by atoms with E-state index in [1.807, 2.05) is 0 Å². The van der Waals surface area contributed by atoms with Gasteiger partial charge in [0.05, 0.1) is 6.10 Å². The van der Waals surface area contributed by atoms with E-state index in [0.717, 1.165) is 0 Å². The molecule has 0 aliphatic carbocycles. The van der Waals surface area contributed by atoms with Crippen LogP contribution in [0.25, 0.3) is 0 Å². The molecule has 0 bridgehead atoms. The monoisotopic (exact) mass is 326 g/mol. The first kappa shape index (κ1) is 12.1. The van der Waals surface area contributed by atoms with Crippen molar-refractivity contribution in [2.24, 2.45) is 0 Å². The van der Waals surface area contributed by atoms with Crippen LogP contribution in [0, 0.1) is 5.82 Å². The predicted molar refractivity (Wildman–Crippen MR) is 58.9 cm³/mol. The summed E-state index contributed by atoms with van der Waals surface area (Å²) in [4.78, 5) is 0. The van der Waals surface area contributed by atoms with Gasteiger partial charge in [0.15, 0.2) is 0 Å². The van der Waals surface area contributed by atoms with E-state index in [-0.39, 0.29) is 10.9 Å². The van der Waals surface area contributed by atoms with Gasteiger partial charge in [-0.2, -0.15) is 0 Å². The van der Waals surface area contributed by atoms with Gasteiger partial charge in [-0.05, 0) is 12.1 Å². The van der Waals surface area contributed by atoms with E-state index in [1.165, 1.54) is 12.1 Å². The SMILES string of the molecule is OC(CBr)C(O)c1c(F)cccc1Br. The van der Waals surface area contributed by atoms with Crippen LogP contribution < -0.4 is 0 Å². The van der Waals surface area contributed by atoms with Gasteiger partial charge < -0.3 is 10.2 Å². The molecule has 2 nitrogen and oxygen atoms in total. The molecule has 0 saturated heterocycles. The summed E-state index contributed by atoms with van der Waals surface area (Å²) in [5.74, 6) is -0.535. The molecule has 14 heavy (non-hydrogen) atoms. The molecule has 0 heterocycles. The largest absolute Gasteiger partial charge is 0.389 e. The number of alkyl halides is 1. The highest BCUT2D eigenvalue weighted by Crippen LogP contribution is 2.28. The van der Waals surface area contributed by atoms with Crippen molar-refractivity contribution in [3.63, 3.8) is 0 Å². The molecule has 2 N–H and O–H groups in total. The molecular weight excluding hydrogens is 319 g/mol. The van der Waals surface area contributed by atoms with Crippen LogP contribution in [0.3, 0.4) is 0 Å². The van der Waals surface area contributed by atoms with E-state index in [2.05, 4.69) is 31.9 Å². The van der Waals surface area contributed by atoms with Gasteiger partial charge in [-0.25, -0.2) is 4.39 Å². The van der Waals surface area contributed by atoms with E-state index in [1.54, 1.807) is 6.07 Å². The summed E-state index contributed by atoms with van der Waals surface area (Å²) in [6.45, 7) is 0. The maximum atomic E-state index is 13.3. The Kier molecular flexibility index (Phi) is 4.50. The molecular formula is C9H9Br2FO2. The Morgan fingerprint density at radius 2 is 2.00 bits per heavy atom. The molecule has 2 atom stereocenters. The highest BCUT2D eigenvalue weighted by atomic mass is 79.9. The Morgan fingerprint density at radius 3 is 2.50 bits per heavy atom. The Morgan fingerprint density at radius 1 is 1.36 bits per heavy atom. The third kappa shape index (κ3) is 2.53. The highest BCUT2D eigenvalue weighted by molar-refractivity contribution is 9.10. The lowest BCUT2D eigenvalue weighted by molar-refractivity contribution is 0.0315. The van der Waals surface area contributed by atoms with E-state index in [4.69, 9.17) is 0 Å². The van der Waals surface area contributed by atoms with Crippen LogP contribution in [0.5, 0.6) is 0 Å². The fourth-order valence-corrected chi connectivity index (χ4v) is 2.00. The Hall–Kier alpha value is 0.0300. The minimum Gasteiger partial charge on any atom is -0.389 e. The second-order valence-corrected chi connectivity index (χ2v) is 4.30. The first-order chi connectivity index (χ1) is 6.57. The Balaban J connectivity index is 3.05. The highest BCUT2D eigenvalue weighted by Gasteiger charge is 2.22. The van der Waals surface area contributed by atoms with Gasteiger partial charge in [0, 0.05) is 15.4 Å². The van der Waals surface area contributed by atoms with Gasteiger partial charge in [-0.3, -0.25) is 0 Å². The van der Waals surface area contributed by atoms with Gasteiger partial charge in [-0.15, -0.1) is 0 Å². The molecule has 1 rings (SSSR count). The summed E-state index contributed by atoms with van der Waals surface area (Å²) < 4.78 is 13.7. The maximum absolute atomic E-state index is 13.3. The number of aliphatic hydroxyl groups is 2. The summed E-state index contributed by atoms with van der Waals surface area (Å²) in [5.41, 5.74) is 0.0828. The molecule has 0 aliphatic rings. The van der Waals surface area contributed by atoms with Crippen molar-refractivity contribution in [1.29, 1.82) is 0 Å². The molecule has 0 spiro atoms. The van der Waals surface area contributed by atoms with E-state index in [9.17, 15) is 14.6 Å². The number of aliphatic hydroxyl groups excluding tert-OH is 2. The quantitative estimate of drug-likeness (QED) is 0.837. The molecule has 0 aliphatic heterocycles. The van der Waals surface area contributed by atoms with Gasteiger partial charge in [-0.1, -0.05) is 37.9 Å². The van der Waals surface area contributed by atoms with Gasteiger partial charge >= 0.3 is 0 Å². The molecule has 0 amide bonds. The van der Waals surface area contributed by atoms with Crippen molar-refractivity contribution in [2.45, 2.75) is 12.2 Å². The zero-order valence-electron chi connectivity index (χ0n) is 7.12. The molecule has 0 aromatic heterocycles. The van der Waals surface area contributed by atoms with E-state index < -0.39 is 18.0 Å². The third-order valence-corrected chi connectivity index (χ3v) is 3.17. The molecule has 0 fully saturated rings. The number of halogens is 3. The third-order valence-electron chi connectivity index (χ3n) is 1.82. The molecule has 2 unspecified atom stereocenters. The second kappa shape index (κ2) is 5.21. The fraction of sp³-hybridized carbons (Fsp3) is 0.333. The van der Waals surface area contributed by atoms with E-state index >= 15 is 0 Å². The number of hydrogen-bond acceptors (Lipinski definition) is 2. The zero-order valence-corrected chi connectivity index (χ0v) is 10.3. The smallest absolute Gasteiger partial charge is 0.130 e. The van der Waals surface area contributed by atoms with Gasteiger partial charge in [0.1, 0.15) is 11.9 Å². The van der Waals surface area contributed by atoms with Crippen molar-refractivity contribution in [1.82, 2.24) is 0 Å². The Bertz CT molecular complexity index is 299. The Labute approximate surface area is 98.0 Å². The average Bonchev–Trinajstić information content (AvgIpc) is 2.16. The van der Waals surface area contributed by atoms with Crippen molar-refractivity contribution in [3.8, 4) is 0 Å². The number of hydrogen-bond donors (Lipinski definition) is 2. The number of rotatable bonds is 3. The summed E-state index contributed by atoms with van der Waals surface area (Å²) in [5, 5.41) is 19.1. The molecule has 5 heteroatoms. The second-order valence-electron chi connectivity index (χ2n) is 2.80. The van der Waals surface area contributed by atoms with Crippen molar-refractivity contribution in [3.05, 3.63) is 34.1 Å². The molecule has 1 aromatic rings. The molecule has 1 aromatic carbocycles. The topological polar surface area (TPSA) is 40.5 Å². The standard InChI is InChI=1S/C9H9Br2FO2/c10-4-7(13)9(14)8-5(11)2-1-3-6(8)12/h1-3,7,9,13-14H,4H2. The normalized spacial score (nSPS) is 15.2. The maximum Gasteiger partial charge on any atom is 0.130 e.